The highest BCUT2D eigenvalue weighted by Crippen LogP contribution is 2.28. The maximum Gasteiger partial charge on any atom is 0.147 e. The van der Waals surface area contributed by atoms with E-state index in [9.17, 15) is 0 Å². The van der Waals surface area contributed by atoms with Crippen LogP contribution in [0.4, 0.5) is 0 Å². The minimum atomic E-state index is 0.429. The molecule has 1 saturated heterocycles. The third-order valence-electron chi connectivity index (χ3n) is 6.46. The summed E-state index contributed by atoms with van der Waals surface area (Å²) in [6, 6.07) is 8.77. The molecule has 0 radical (unpaired) electrons. The first-order valence-electron chi connectivity index (χ1n) is 11.0. The van der Waals surface area contributed by atoms with Gasteiger partial charge in [0.2, 0.25) is 0 Å². The number of aromatic nitrogens is 3. The van der Waals surface area contributed by atoms with E-state index in [-0.39, 0.29) is 0 Å². The zero-order valence-corrected chi connectivity index (χ0v) is 16.6. The Morgan fingerprint density at radius 1 is 1.00 bits per heavy atom. The summed E-state index contributed by atoms with van der Waals surface area (Å²) >= 11 is 0. The maximum absolute atomic E-state index is 6.10. The van der Waals surface area contributed by atoms with E-state index in [1.54, 1.807) is 0 Å². The Morgan fingerprint density at radius 3 is 2.71 bits per heavy atom. The van der Waals surface area contributed by atoms with Crippen LogP contribution in [0.2, 0.25) is 0 Å². The molecule has 150 valence electrons. The van der Waals surface area contributed by atoms with Crippen LogP contribution < -0.4 is 10.1 Å². The van der Waals surface area contributed by atoms with E-state index in [2.05, 4.69) is 49.2 Å². The quantitative estimate of drug-likeness (QED) is 0.863. The largest absolute Gasteiger partial charge is 0.490 e. The first kappa shape index (κ1) is 18.1. The molecule has 0 amide bonds. The zero-order valence-electron chi connectivity index (χ0n) is 16.6. The van der Waals surface area contributed by atoms with Crippen molar-refractivity contribution in [1.82, 2.24) is 25.0 Å². The summed E-state index contributed by atoms with van der Waals surface area (Å²) in [5, 5.41) is 12.3. The molecule has 1 atom stereocenters. The molecule has 1 aromatic carbocycles. The highest BCUT2D eigenvalue weighted by atomic mass is 16.5. The first-order valence-corrected chi connectivity index (χ1v) is 11.0. The van der Waals surface area contributed by atoms with Crippen LogP contribution in [-0.4, -0.2) is 45.4 Å². The van der Waals surface area contributed by atoms with E-state index >= 15 is 0 Å². The Morgan fingerprint density at radius 2 is 1.86 bits per heavy atom. The number of fused-ring (bicyclic) bond motifs is 1. The molecule has 0 spiro atoms. The number of nitrogens with zero attached hydrogens (tertiary/aromatic N) is 4. The zero-order chi connectivity index (χ0) is 18.8. The molecule has 1 unspecified atom stereocenters. The summed E-state index contributed by atoms with van der Waals surface area (Å²) in [5.74, 6) is 3.81. The maximum atomic E-state index is 6.10. The van der Waals surface area contributed by atoms with Crippen LogP contribution in [0.25, 0.3) is 0 Å². The summed E-state index contributed by atoms with van der Waals surface area (Å²) in [4.78, 5) is 2.57. The lowest BCUT2D eigenvalue weighted by Crippen LogP contribution is -2.36. The molecule has 2 fully saturated rings. The van der Waals surface area contributed by atoms with Crippen molar-refractivity contribution >= 4 is 0 Å². The molecule has 28 heavy (non-hydrogen) atoms. The summed E-state index contributed by atoms with van der Waals surface area (Å²) in [5.41, 5.74) is 1.37. The van der Waals surface area contributed by atoms with Gasteiger partial charge in [0, 0.05) is 32.1 Å². The van der Waals surface area contributed by atoms with Gasteiger partial charge >= 0.3 is 0 Å². The highest BCUT2D eigenvalue weighted by Gasteiger charge is 2.27. The van der Waals surface area contributed by atoms with Crippen molar-refractivity contribution in [3.63, 3.8) is 0 Å². The van der Waals surface area contributed by atoms with Crippen LogP contribution >= 0.6 is 0 Å². The van der Waals surface area contributed by atoms with E-state index in [1.165, 1.54) is 56.5 Å². The van der Waals surface area contributed by atoms with E-state index in [0.717, 1.165) is 44.3 Å². The minimum Gasteiger partial charge on any atom is -0.490 e. The van der Waals surface area contributed by atoms with Crippen molar-refractivity contribution in [2.75, 3.05) is 19.6 Å². The Bertz CT molecular complexity index is 781. The molecule has 3 heterocycles. The molecule has 1 aliphatic carbocycles. The van der Waals surface area contributed by atoms with E-state index in [0.29, 0.717) is 12.0 Å². The van der Waals surface area contributed by atoms with Crippen LogP contribution in [0.5, 0.6) is 5.75 Å². The van der Waals surface area contributed by atoms with Crippen molar-refractivity contribution in [3.05, 3.63) is 41.5 Å². The number of rotatable bonds is 5. The first-order chi connectivity index (χ1) is 13.8. The minimum absolute atomic E-state index is 0.429. The lowest BCUT2D eigenvalue weighted by Gasteiger charge is -2.33. The fourth-order valence-corrected chi connectivity index (χ4v) is 4.96. The summed E-state index contributed by atoms with van der Waals surface area (Å²) in [6.07, 6.45) is 7.91. The number of hydrogen-bond donors (Lipinski definition) is 1. The monoisotopic (exact) mass is 381 g/mol. The molecule has 2 aromatic rings. The molecule has 1 aromatic heterocycles. The average molecular weight is 382 g/mol. The van der Waals surface area contributed by atoms with Gasteiger partial charge in [-0.25, -0.2) is 0 Å². The van der Waals surface area contributed by atoms with Gasteiger partial charge in [-0.1, -0.05) is 12.1 Å². The molecular formula is C22H31N5O. The molecular weight excluding hydrogens is 350 g/mol. The van der Waals surface area contributed by atoms with Gasteiger partial charge in [0.15, 0.2) is 0 Å². The third-order valence-corrected chi connectivity index (χ3v) is 6.46. The van der Waals surface area contributed by atoms with Gasteiger partial charge in [-0.15, -0.1) is 10.2 Å². The number of ether oxygens (including phenoxy) is 1. The standard InChI is InChI=1S/C22H31N5O/c1-2-6-19(5-1)28-20-9-7-17(8-10-20)15-26-12-3-4-18(16-26)22-25-24-21-14-23-11-13-27(21)22/h7-10,18-19,23H,1-6,11-16H2. The van der Waals surface area contributed by atoms with Gasteiger partial charge in [-0.2, -0.15) is 0 Å². The highest BCUT2D eigenvalue weighted by molar-refractivity contribution is 5.27. The Kier molecular flexibility index (Phi) is 5.32. The van der Waals surface area contributed by atoms with Crippen molar-refractivity contribution in [3.8, 4) is 5.75 Å². The second-order valence-electron chi connectivity index (χ2n) is 8.55. The van der Waals surface area contributed by atoms with E-state index in [1.807, 2.05) is 0 Å². The Hall–Kier alpha value is -1.92. The van der Waals surface area contributed by atoms with Crippen LogP contribution in [0.3, 0.4) is 0 Å². The lowest BCUT2D eigenvalue weighted by molar-refractivity contribution is 0.193. The van der Waals surface area contributed by atoms with Crippen LogP contribution in [0.15, 0.2) is 24.3 Å². The topological polar surface area (TPSA) is 55.2 Å². The molecule has 6 heteroatoms. The number of benzene rings is 1. The van der Waals surface area contributed by atoms with Crippen molar-refractivity contribution in [2.24, 2.45) is 0 Å². The van der Waals surface area contributed by atoms with E-state index in [4.69, 9.17) is 4.74 Å². The number of hydrogen-bond acceptors (Lipinski definition) is 5. The fourth-order valence-electron chi connectivity index (χ4n) is 4.96. The molecule has 3 aliphatic rings. The molecule has 2 aliphatic heterocycles. The van der Waals surface area contributed by atoms with Crippen molar-refractivity contribution in [1.29, 1.82) is 0 Å². The Labute approximate surface area is 167 Å². The van der Waals surface area contributed by atoms with Crippen molar-refractivity contribution in [2.45, 2.75) is 70.2 Å². The summed E-state index contributed by atoms with van der Waals surface area (Å²) in [7, 11) is 0. The average Bonchev–Trinajstić information content (AvgIpc) is 3.39. The second kappa shape index (κ2) is 8.21. The van der Waals surface area contributed by atoms with Gasteiger partial charge in [0.25, 0.3) is 0 Å². The predicted octanol–water partition coefficient (Wildman–Crippen LogP) is 3.08. The summed E-state index contributed by atoms with van der Waals surface area (Å²) < 4.78 is 8.45. The number of likely N-dealkylation sites (tertiary alicyclic amines) is 1. The third kappa shape index (κ3) is 3.94. The molecule has 0 bridgehead atoms. The Balaban J connectivity index is 1.20. The van der Waals surface area contributed by atoms with Gasteiger partial charge in [0.1, 0.15) is 17.4 Å². The number of nitrogens with one attached hydrogen (secondary N) is 1. The number of piperidine rings is 1. The van der Waals surface area contributed by atoms with E-state index < -0.39 is 0 Å². The van der Waals surface area contributed by atoms with Crippen molar-refractivity contribution < 1.29 is 4.74 Å². The van der Waals surface area contributed by atoms with Gasteiger partial charge in [0.05, 0.1) is 12.6 Å². The van der Waals surface area contributed by atoms with Crippen LogP contribution in [0, 0.1) is 0 Å². The molecule has 1 saturated carbocycles. The predicted molar refractivity (Wildman–Crippen MR) is 108 cm³/mol. The fraction of sp³-hybridized carbons (Fsp3) is 0.636. The van der Waals surface area contributed by atoms with Gasteiger partial charge < -0.3 is 14.6 Å². The second-order valence-corrected chi connectivity index (χ2v) is 8.55. The molecule has 6 nitrogen and oxygen atoms in total. The van der Waals surface area contributed by atoms with Crippen LogP contribution in [0.1, 0.15) is 61.7 Å². The molecule has 1 N–H and O–H groups in total. The van der Waals surface area contributed by atoms with Crippen LogP contribution in [-0.2, 0) is 19.6 Å². The summed E-state index contributed by atoms with van der Waals surface area (Å²) in [6.45, 7) is 6.10. The van der Waals surface area contributed by atoms with Gasteiger partial charge in [-0.05, 0) is 62.8 Å². The SMILES string of the molecule is c1cc(OC2CCCC2)ccc1CN1CCCC(c2nnc3n2CCNC3)C1. The smallest absolute Gasteiger partial charge is 0.147 e. The molecule has 5 rings (SSSR count). The van der Waals surface area contributed by atoms with Gasteiger partial charge in [-0.3, -0.25) is 4.90 Å². The normalized spacial score (nSPS) is 23.6. The lowest BCUT2D eigenvalue weighted by atomic mass is 9.96.